The van der Waals surface area contributed by atoms with Gasteiger partial charge in [0.2, 0.25) is 0 Å². The molecule has 0 radical (unpaired) electrons. The van der Waals surface area contributed by atoms with E-state index in [1.54, 1.807) is 13.2 Å². The highest BCUT2D eigenvalue weighted by molar-refractivity contribution is 6.02. The molecule has 1 saturated heterocycles. The summed E-state index contributed by atoms with van der Waals surface area (Å²) >= 11 is 0. The minimum Gasteiger partial charge on any atom is -0.395 e. The highest BCUT2D eigenvalue weighted by Gasteiger charge is 2.29. The Kier molecular flexibility index (Phi) is 5.82. The first kappa shape index (κ1) is 21.2. The molecule has 0 atom stereocenters. The third kappa shape index (κ3) is 4.21. The zero-order valence-electron chi connectivity index (χ0n) is 18.8. The molecule has 7 heteroatoms. The largest absolute Gasteiger partial charge is 0.395 e. The molecule has 0 amide bonds. The Labute approximate surface area is 192 Å². The van der Waals surface area contributed by atoms with Crippen LogP contribution in [0.2, 0.25) is 0 Å². The van der Waals surface area contributed by atoms with Gasteiger partial charge < -0.3 is 14.3 Å². The number of fused-ring (bicyclic) bond motifs is 1. The van der Waals surface area contributed by atoms with E-state index in [-0.39, 0.29) is 17.0 Å². The van der Waals surface area contributed by atoms with E-state index in [4.69, 9.17) is 4.84 Å². The average Bonchev–Trinajstić information content (AvgIpc) is 3.69. The van der Waals surface area contributed by atoms with E-state index >= 15 is 0 Å². The fourth-order valence-electron chi connectivity index (χ4n) is 4.60. The standard InChI is InChI=1S/C26H27N5O2/c1-30-22-8-5-13-28-24(22)25(21(16-27)26(30)32)31-14-11-20(12-15-31)23(19-6-3-2-4-7-19)29-33-17-18-9-10-18/h2-8,13,18,20H,9-12,14-15,17H2,1H3/b29-23+. The molecule has 168 valence electrons. The molecule has 1 aromatic carbocycles. The normalized spacial score (nSPS) is 17.2. The minimum absolute atomic E-state index is 0.159. The fraction of sp³-hybridized carbons (Fsp3) is 0.385. The van der Waals surface area contributed by atoms with Gasteiger partial charge >= 0.3 is 0 Å². The second kappa shape index (κ2) is 9.07. The van der Waals surface area contributed by atoms with E-state index in [1.165, 1.54) is 17.4 Å². The summed E-state index contributed by atoms with van der Waals surface area (Å²) in [6, 6.07) is 16.0. The molecule has 3 aromatic rings. The van der Waals surface area contributed by atoms with Crippen molar-refractivity contribution in [3.05, 3.63) is 70.1 Å². The van der Waals surface area contributed by atoms with Gasteiger partial charge in [-0.2, -0.15) is 5.26 Å². The van der Waals surface area contributed by atoms with Gasteiger partial charge in [0.05, 0.1) is 16.9 Å². The van der Waals surface area contributed by atoms with E-state index in [2.05, 4.69) is 33.2 Å². The van der Waals surface area contributed by atoms with Crippen LogP contribution in [0.1, 0.15) is 36.8 Å². The Hall–Kier alpha value is -3.66. The Bertz CT molecular complexity index is 1280. The minimum atomic E-state index is -0.282. The summed E-state index contributed by atoms with van der Waals surface area (Å²) in [7, 11) is 1.69. The molecule has 1 aliphatic carbocycles. The van der Waals surface area contributed by atoms with Crippen LogP contribution in [0, 0.1) is 23.2 Å². The molecule has 5 rings (SSSR count). The van der Waals surface area contributed by atoms with Gasteiger partial charge in [-0.15, -0.1) is 0 Å². The van der Waals surface area contributed by atoms with Gasteiger partial charge in [-0.3, -0.25) is 9.78 Å². The Morgan fingerprint density at radius 2 is 1.91 bits per heavy atom. The summed E-state index contributed by atoms with van der Waals surface area (Å²) in [5, 5.41) is 14.4. The molecular weight excluding hydrogens is 414 g/mol. The lowest BCUT2D eigenvalue weighted by Gasteiger charge is -2.34. The van der Waals surface area contributed by atoms with Crippen molar-refractivity contribution in [2.45, 2.75) is 25.7 Å². The number of aromatic nitrogens is 2. The Morgan fingerprint density at radius 1 is 1.15 bits per heavy atom. The molecule has 1 saturated carbocycles. The van der Waals surface area contributed by atoms with Crippen LogP contribution in [0.4, 0.5) is 5.69 Å². The van der Waals surface area contributed by atoms with Crippen molar-refractivity contribution in [1.29, 1.82) is 5.26 Å². The summed E-state index contributed by atoms with van der Waals surface area (Å²) in [6.45, 7) is 2.12. The van der Waals surface area contributed by atoms with Crippen molar-refractivity contribution < 1.29 is 4.84 Å². The van der Waals surface area contributed by atoms with Gasteiger partial charge in [-0.25, -0.2) is 0 Å². The topological polar surface area (TPSA) is 83.5 Å². The zero-order chi connectivity index (χ0) is 22.8. The molecule has 2 aromatic heterocycles. The van der Waals surface area contributed by atoms with Crippen LogP contribution in [0.5, 0.6) is 0 Å². The third-order valence-electron chi connectivity index (χ3n) is 6.68. The van der Waals surface area contributed by atoms with Crippen LogP contribution in [0.25, 0.3) is 11.0 Å². The maximum Gasteiger partial charge on any atom is 0.270 e. The zero-order valence-corrected chi connectivity index (χ0v) is 18.8. The first-order chi connectivity index (χ1) is 16.2. The van der Waals surface area contributed by atoms with Gasteiger partial charge in [-0.05, 0) is 49.3 Å². The van der Waals surface area contributed by atoms with Gasteiger partial charge in [-0.1, -0.05) is 35.5 Å². The second-order valence-electron chi connectivity index (χ2n) is 8.91. The number of rotatable bonds is 6. The summed E-state index contributed by atoms with van der Waals surface area (Å²) < 4.78 is 1.51. The lowest BCUT2D eigenvalue weighted by atomic mass is 9.88. The quantitative estimate of drug-likeness (QED) is 0.429. The number of benzene rings is 1. The predicted molar refractivity (Wildman–Crippen MR) is 128 cm³/mol. The Balaban J connectivity index is 1.42. The van der Waals surface area contributed by atoms with Gasteiger partial charge in [0.25, 0.3) is 5.56 Å². The average molecular weight is 442 g/mol. The van der Waals surface area contributed by atoms with Crippen LogP contribution in [0.3, 0.4) is 0 Å². The first-order valence-corrected chi connectivity index (χ1v) is 11.6. The molecular formula is C26H27N5O2. The van der Waals surface area contributed by atoms with Crippen LogP contribution in [-0.4, -0.2) is 35.0 Å². The molecule has 3 heterocycles. The van der Waals surface area contributed by atoms with E-state index in [1.807, 2.05) is 30.3 Å². The maximum atomic E-state index is 12.9. The highest BCUT2D eigenvalue weighted by atomic mass is 16.6. The van der Waals surface area contributed by atoms with E-state index in [0.717, 1.165) is 29.6 Å². The first-order valence-electron chi connectivity index (χ1n) is 11.6. The summed E-state index contributed by atoms with van der Waals surface area (Å²) in [5.74, 6) is 0.901. The molecule has 2 aliphatic rings. The second-order valence-corrected chi connectivity index (χ2v) is 8.91. The van der Waals surface area contributed by atoms with Crippen LogP contribution >= 0.6 is 0 Å². The third-order valence-corrected chi connectivity index (χ3v) is 6.68. The SMILES string of the molecule is Cn1c(=O)c(C#N)c(N2CCC(/C(=N/OCC3CC3)c3ccccc3)CC2)c2ncccc21. The van der Waals surface area contributed by atoms with E-state index < -0.39 is 0 Å². The highest BCUT2D eigenvalue weighted by Crippen LogP contribution is 2.32. The maximum absolute atomic E-state index is 12.9. The molecule has 33 heavy (non-hydrogen) atoms. The molecule has 0 spiro atoms. The van der Waals surface area contributed by atoms with Crippen molar-refractivity contribution >= 4 is 22.4 Å². The predicted octanol–water partition coefficient (Wildman–Crippen LogP) is 3.85. The van der Waals surface area contributed by atoms with Crippen molar-refractivity contribution in [2.24, 2.45) is 24.0 Å². The number of hydrogen-bond acceptors (Lipinski definition) is 6. The molecule has 7 nitrogen and oxygen atoms in total. The molecule has 0 bridgehead atoms. The fourth-order valence-corrected chi connectivity index (χ4v) is 4.60. The van der Waals surface area contributed by atoms with Crippen molar-refractivity contribution in [1.82, 2.24) is 9.55 Å². The van der Waals surface area contributed by atoms with Crippen molar-refractivity contribution in [3.8, 4) is 6.07 Å². The number of piperidine rings is 1. The monoisotopic (exact) mass is 441 g/mol. The van der Waals surface area contributed by atoms with Crippen LogP contribution in [-0.2, 0) is 11.9 Å². The smallest absolute Gasteiger partial charge is 0.270 e. The van der Waals surface area contributed by atoms with Gasteiger partial charge in [0.1, 0.15) is 23.8 Å². The molecule has 0 N–H and O–H groups in total. The van der Waals surface area contributed by atoms with Crippen molar-refractivity contribution in [2.75, 3.05) is 24.6 Å². The summed E-state index contributed by atoms with van der Waals surface area (Å²) in [5.41, 5.74) is 4.03. The Morgan fingerprint density at radius 3 is 2.61 bits per heavy atom. The molecule has 0 unspecified atom stereocenters. The number of hydrogen-bond donors (Lipinski definition) is 0. The van der Waals surface area contributed by atoms with Crippen molar-refractivity contribution in [3.63, 3.8) is 0 Å². The van der Waals surface area contributed by atoms with Gasteiger partial charge in [0.15, 0.2) is 0 Å². The summed E-state index contributed by atoms with van der Waals surface area (Å²) in [4.78, 5) is 25.3. The number of pyridine rings is 2. The number of nitriles is 1. The number of aryl methyl sites for hydroxylation is 1. The molecule has 2 fully saturated rings. The summed E-state index contributed by atoms with van der Waals surface area (Å²) in [6.07, 6.45) is 5.88. The van der Waals surface area contributed by atoms with Crippen LogP contribution < -0.4 is 10.5 Å². The number of anilines is 1. The lowest BCUT2D eigenvalue weighted by Crippen LogP contribution is -2.38. The van der Waals surface area contributed by atoms with E-state index in [0.29, 0.717) is 36.8 Å². The molecule has 1 aliphatic heterocycles. The number of oxime groups is 1. The van der Waals surface area contributed by atoms with Crippen LogP contribution in [0.15, 0.2) is 58.6 Å². The number of nitrogens with zero attached hydrogens (tertiary/aromatic N) is 5. The van der Waals surface area contributed by atoms with E-state index in [9.17, 15) is 10.1 Å². The lowest BCUT2D eigenvalue weighted by molar-refractivity contribution is 0.132. The van der Waals surface area contributed by atoms with Gasteiger partial charge in [0, 0.05) is 32.3 Å².